The Morgan fingerprint density at radius 3 is 2.41 bits per heavy atom. The van der Waals surface area contributed by atoms with E-state index in [1.54, 1.807) is 42.9 Å². The molecule has 112 valence electrons. The molecule has 0 aliphatic carbocycles. The zero-order valence-electron chi connectivity index (χ0n) is 11.6. The molecule has 4 N–H and O–H groups in total. The van der Waals surface area contributed by atoms with Gasteiger partial charge in [-0.1, -0.05) is 29.8 Å². The van der Waals surface area contributed by atoms with E-state index in [0.29, 0.717) is 16.3 Å². The van der Waals surface area contributed by atoms with Crippen LogP contribution in [0.3, 0.4) is 0 Å². The Morgan fingerprint density at radius 2 is 1.82 bits per heavy atom. The summed E-state index contributed by atoms with van der Waals surface area (Å²) in [6.45, 7) is 0. The van der Waals surface area contributed by atoms with Crippen LogP contribution in [0, 0.1) is 0 Å². The van der Waals surface area contributed by atoms with Crippen molar-refractivity contribution in [3.63, 3.8) is 0 Å². The molecule has 2 atom stereocenters. The van der Waals surface area contributed by atoms with Crippen LogP contribution in [-0.4, -0.2) is 20.3 Å². The van der Waals surface area contributed by atoms with Gasteiger partial charge in [0.25, 0.3) is 0 Å². The number of nitrogens with one attached hydrogen (secondary N) is 1. The first-order valence-electron chi connectivity index (χ1n) is 6.79. The van der Waals surface area contributed by atoms with Gasteiger partial charge >= 0.3 is 0 Å². The molecule has 6 heteroatoms. The first-order valence-corrected chi connectivity index (χ1v) is 7.17. The normalized spacial score (nSPS) is 13.8. The summed E-state index contributed by atoms with van der Waals surface area (Å²) in [4.78, 5) is 4.35. The molecule has 0 fully saturated rings. The van der Waals surface area contributed by atoms with E-state index in [4.69, 9.17) is 17.3 Å². The van der Waals surface area contributed by atoms with E-state index >= 15 is 0 Å². The monoisotopic (exact) mass is 314 g/mol. The number of aromatic nitrogens is 3. The molecule has 0 saturated heterocycles. The van der Waals surface area contributed by atoms with E-state index in [2.05, 4.69) is 15.2 Å². The molecule has 22 heavy (non-hydrogen) atoms. The van der Waals surface area contributed by atoms with Crippen LogP contribution in [0.4, 0.5) is 0 Å². The lowest BCUT2D eigenvalue weighted by atomic mass is 9.99. The third-order valence-corrected chi connectivity index (χ3v) is 3.76. The van der Waals surface area contributed by atoms with Crippen LogP contribution < -0.4 is 5.73 Å². The van der Waals surface area contributed by atoms with Gasteiger partial charge in [-0.15, -0.1) is 0 Å². The van der Waals surface area contributed by atoms with E-state index in [1.165, 1.54) is 0 Å². The first kappa shape index (κ1) is 14.7. The SMILES string of the molecule is NC(c1ccc(-c2cn[nH]c2)cn1)C(O)c1ccc(Cl)cc1. The minimum atomic E-state index is -0.843. The lowest BCUT2D eigenvalue weighted by Crippen LogP contribution is -2.20. The highest BCUT2D eigenvalue weighted by Crippen LogP contribution is 2.27. The predicted molar refractivity (Wildman–Crippen MR) is 85.2 cm³/mol. The van der Waals surface area contributed by atoms with Crippen molar-refractivity contribution in [3.8, 4) is 11.1 Å². The van der Waals surface area contributed by atoms with Gasteiger partial charge in [0.05, 0.1) is 24.0 Å². The fourth-order valence-corrected chi connectivity index (χ4v) is 2.34. The Bertz CT molecular complexity index is 726. The Hall–Kier alpha value is -2.21. The smallest absolute Gasteiger partial charge is 0.0998 e. The number of H-pyrrole nitrogens is 1. The van der Waals surface area contributed by atoms with Crippen molar-refractivity contribution in [2.45, 2.75) is 12.1 Å². The molecule has 2 heterocycles. The van der Waals surface area contributed by atoms with Crippen molar-refractivity contribution in [1.29, 1.82) is 0 Å². The van der Waals surface area contributed by atoms with Gasteiger partial charge in [-0.25, -0.2) is 0 Å². The van der Waals surface area contributed by atoms with Gasteiger partial charge in [0.1, 0.15) is 0 Å². The van der Waals surface area contributed by atoms with Crippen LogP contribution in [0.1, 0.15) is 23.4 Å². The molecule has 0 spiro atoms. The summed E-state index contributed by atoms with van der Waals surface area (Å²) >= 11 is 5.85. The number of nitrogens with two attached hydrogens (primary N) is 1. The molecule has 2 unspecified atom stereocenters. The average molecular weight is 315 g/mol. The molecule has 0 radical (unpaired) electrons. The highest BCUT2D eigenvalue weighted by molar-refractivity contribution is 6.30. The summed E-state index contributed by atoms with van der Waals surface area (Å²) in [5.41, 5.74) is 9.33. The fourth-order valence-electron chi connectivity index (χ4n) is 2.21. The second-order valence-corrected chi connectivity index (χ2v) is 5.42. The molecule has 1 aromatic carbocycles. The van der Waals surface area contributed by atoms with Crippen LogP contribution in [0.15, 0.2) is 55.0 Å². The maximum atomic E-state index is 10.4. The molecule has 0 amide bonds. The lowest BCUT2D eigenvalue weighted by molar-refractivity contribution is 0.145. The minimum Gasteiger partial charge on any atom is -0.386 e. The van der Waals surface area contributed by atoms with Crippen molar-refractivity contribution in [1.82, 2.24) is 15.2 Å². The number of hydrogen-bond acceptors (Lipinski definition) is 4. The number of hydrogen-bond donors (Lipinski definition) is 3. The topological polar surface area (TPSA) is 87.8 Å². The van der Waals surface area contributed by atoms with Crippen LogP contribution in [0.2, 0.25) is 5.02 Å². The predicted octanol–water partition coefficient (Wildman–Crippen LogP) is 2.86. The average Bonchev–Trinajstić information content (AvgIpc) is 3.09. The van der Waals surface area contributed by atoms with Gasteiger partial charge in [0.2, 0.25) is 0 Å². The Morgan fingerprint density at radius 1 is 1.05 bits per heavy atom. The van der Waals surface area contributed by atoms with Crippen molar-refractivity contribution in [3.05, 3.63) is 71.3 Å². The van der Waals surface area contributed by atoms with Crippen molar-refractivity contribution >= 4 is 11.6 Å². The van der Waals surface area contributed by atoms with Crippen LogP contribution in [0.5, 0.6) is 0 Å². The Labute approximate surface area is 132 Å². The minimum absolute atomic E-state index is 0.612. The van der Waals surface area contributed by atoms with Crippen molar-refractivity contribution in [2.75, 3.05) is 0 Å². The second kappa shape index (κ2) is 6.27. The van der Waals surface area contributed by atoms with Crippen molar-refractivity contribution < 1.29 is 5.11 Å². The maximum Gasteiger partial charge on any atom is 0.0998 e. The number of rotatable bonds is 4. The highest BCUT2D eigenvalue weighted by atomic mass is 35.5. The number of aliphatic hydroxyl groups is 1. The Balaban J connectivity index is 1.79. The summed E-state index contributed by atoms with van der Waals surface area (Å²) in [5, 5.41) is 17.6. The van der Waals surface area contributed by atoms with Gasteiger partial charge in [0, 0.05) is 28.5 Å². The van der Waals surface area contributed by atoms with Gasteiger partial charge in [-0.2, -0.15) is 5.10 Å². The molecule has 5 nitrogen and oxygen atoms in total. The largest absolute Gasteiger partial charge is 0.386 e. The zero-order valence-corrected chi connectivity index (χ0v) is 12.4. The third-order valence-electron chi connectivity index (χ3n) is 3.51. The molecule has 0 aliphatic rings. The molecule has 0 aliphatic heterocycles. The van der Waals surface area contributed by atoms with E-state index < -0.39 is 12.1 Å². The summed E-state index contributed by atoms with van der Waals surface area (Å²) in [6.07, 6.45) is 4.39. The number of aromatic amines is 1. The number of nitrogens with zero attached hydrogens (tertiary/aromatic N) is 2. The van der Waals surface area contributed by atoms with Crippen LogP contribution in [-0.2, 0) is 0 Å². The van der Waals surface area contributed by atoms with Crippen LogP contribution >= 0.6 is 11.6 Å². The molecular weight excluding hydrogens is 300 g/mol. The standard InChI is InChI=1S/C16H15ClN4O/c17-13-4-1-10(2-5-13)16(22)15(18)14-6-3-11(7-19-14)12-8-20-21-9-12/h1-9,15-16,22H,18H2,(H,20,21). The third kappa shape index (κ3) is 3.01. The van der Waals surface area contributed by atoms with Gasteiger partial charge in [-0.3, -0.25) is 10.1 Å². The number of halogens is 1. The second-order valence-electron chi connectivity index (χ2n) is 4.98. The van der Waals surface area contributed by atoms with Crippen molar-refractivity contribution in [2.24, 2.45) is 5.73 Å². The van der Waals surface area contributed by atoms with Gasteiger partial charge in [0.15, 0.2) is 0 Å². The molecule has 0 saturated carbocycles. The number of benzene rings is 1. The number of aliphatic hydroxyl groups excluding tert-OH is 1. The van der Waals surface area contributed by atoms with E-state index in [0.717, 1.165) is 11.1 Å². The zero-order chi connectivity index (χ0) is 15.5. The first-order chi connectivity index (χ1) is 10.6. The molecular formula is C16H15ClN4O. The van der Waals surface area contributed by atoms with E-state index in [-0.39, 0.29) is 0 Å². The lowest BCUT2D eigenvalue weighted by Gasteiger charge is -2.19. The molecule has 3 aromatic rings. The highest BCUT2D eigenvalue weighted by Gasteiger charge is 2.20. The quantitative estimate of drug-likeness (QED) is 0.691. The van der Waals surface area contributed by atoms with Gasteiger partial charge < -0.3 is 10.8 Å². The molecule has 0 bridgehead atoms. The van der Waals surface area contributed by atoms with E-state index in [1.807, 2.05) is 12.1 Å². The van der Waals surface area contributed by atoms with E-state index in [9.17, 15) is 5.11 Å². The maximum absolute atomic E-state index is 10.4. The van der Waals surface area contributed by atoms with Crippen LogP contribution in [0.25, 0.3) is 11.1 Å². The fraction of sp³-hybridized carbons (Fsp3) is 0.125. The number of pyridine rings is 1. The summed E-state index contributed by atoms with van der Waals surface area (Å²) < 4.78 is 0. The summed E-state index contributed by atoms with van der Waals surface area (Å²) in [7, 11) is 0. The Kier molecular flexibility index (Phi) is 4.20. The molecule has 3 rings (SSSR count). The summed E-state index contributed by atoms with van der Waals surface area (Å²) in [6, 6.07) is 10.1. The molecule has 2 aromatic heterocycles. The summed E-state index contributed by atoms with van der Waals surface area (Å²) in [5.74, 6) is 0. The van der Waals surface area contributed by atoms with Gasteiger partial charge in [-0.05, 0) is 23.8 Å².